The molecule has 4 aromatic rings. The SMILES string of the molecule is CCc1cccc(C)c1N(C(=O)Cn1c([C@H]2CC(=O)N(c3ccccc3)C2)nc2ccccc21)[C@@H](C)COC. The number of methoxy groups -OCH3 is 1. The molecule has 1 aliphatic heterocycles. The molecule has 7 nitrogen and oxygen atoms in total. The third-order valence-electron chi connectivity index (χ3n) is 7.60. The molecule has 0 unspecified atom stereocenters. The highest BCUT2D eigenvalue weighted by Crippen LogP contribution is 2.34. The van der Waals surface area contributed by atoms with Crippen LogP contribution in [0.4, 0.5) is 11.4 Å². The van der Waals surface area contributed by atoms with Crippen molar-refractivity contribution in [3.63, 3.8) is 0 Å². The van der Waals surface area contributed by atoms with Gasteiger partial charge < -0.3 is 19.1 Å². The summed E-state index contributed by atoms with van der Waals surface area (Å²) in [6.07, 6.45) is 1.17. The molecular weight excluding hydrogens is 488 g/mol. The summed E-state index contributed by atoms with van der Waals surface area (Å²) in [5, 5.41) is 0. The summed E-state index contributed by atoms with van der Waals surface area (Å²) < 4.78 is 7.50. The second-order valence-corrected chi connectivity index (χ2v) is 10.3. The molecule has 2 heterocycles. The molecule has 7 heteroatoms. The van der Waals surface area contributed by atoms with Crippen LogP contribution in [0.25, 0.3) is 11.0 Å². The Bertz CT molecular complexity index is 1480. The maximum Gasteiger partial charge on any atom is 0.247 e. The third-order valence-corrected chi connectivity index (χ3v) is 7.60. The van der Waals surface area contributed by atoms with Gasteiger partial charge in [0.1, 0.15) is 12.4 Å². The highest BCUT2D eigenvalue weighted by Gasteiger charge is 2.36. The molecule has 202 valence electrons. The topological polar surface area (TPSA) is 67.7 Å². The molecular formula is C32H36N4O3. The minimum Gasteiger partial charge on any atom is -0.383 e. The fraction of sp³-hybridized carbons (Fsp3) is 0.344. The molecule has 39 heavy (non-hydrogen) atoms. The summed E-state index contributed by atoms with van der Waals surface area (Å²) in [5.74, 6) is 0.694. The highest BCUT2D eigenvalue weighted by atomic mass is 16.5. The maximum atomic E-state index is 14.3. The van der Waals surface area contributed by atoms with Gasteiger partial charge in [-0.3, -0.25) is 9.59 Å². The Balaban J connectivity index is 1.54. The van der Waals surface area contributed by atoms with E-state index < -0.39 is 0 Å². The number of benzene rings is 3. The summed E-state index contributed by atoms with van der Waals surface area (Å²) >= 11 is 0. The van der Waals surface area contributed by atoms with E-state index in [4.69, 9.17) is 9.72 Å². The van der Waals surface area contributed by atoms with Gasteiger partial charge in [-0.15, -0.1) is 0 Å². The first-order chi connectivity index (χ1) is 18.9. The standard InChI is InChI=1S/C32H36N4O3/c1-5-24-13-11-12-22(2)31(24)36(23(3)21-39-4)30(38)20-35-28-17-10-9-16-27(28)33-32(35)25-18-29(37)34(19-25)26-14-7-6-8-15-26/h6-17,23,25H,5,18-21H2,1-4H3/t23-,25-/m0/s1. The largest absolute Gasteiger partial charge is 0.383 e. The van der Waals surface area contributed by atoms with Crippen LogP contribution < -0.4 is 9.80 Å². The van der Waals surface area contributed by atoms with E-state index in [0.29, 0.717) is 19.6 Å². The number of imidazole rings is 1. The van der Waals surface area contributed by atoms with Crippen LogP contribution in [0.5, 0.6) is 0 Å². The molecule has 1 aliphatic rings. The molecule has 0 saturated carbocycles. The number of carbonyl (C=O) groups is 2. The molecule has 0 spiro atoms. The van der Waals surface area contributed by atoms with Crippen LogP contribution >= 0.6 is 0 Å². The zero-order valence-electron chi connectivity index (χ0n) is 23.1. The molecule has 3 aromatic carbocycles. The Hall–Kier alpha value is -3.97. The number of anilines is 2. The number of hydrogen-bond acceptors (Lipinski definition) is 4. The van der Waals surface area contributed by atoms with Gasteiger partial charge in [-0.05, 0) is 55.7 Å². The van der Waals surface area contributed by atoms with Crippen LogP contribution in [-0.4, -0.2) is 47.7 Å². The highest BCUT2D eigenvalue weighted by molar-refractivity contribution is 5.97. The predicted octanol–water partition coefficient (Wildman–Crippen LogP) is 5.50. The summed E-state index contributed by atoms with van der Waals surface area (Å²) in [6.45, 7) is 7.25. The number of fused-ring (bicyclic) bond motifs is 1. The lowest BCUT2D eigenvalue weighted by molar-refractivity contribution is -0.120. The Kier molecular flexibility index (Phi) is 7.79. The number of nitrogens with zero attached hydrogens (tertiary/aromatic N) is 4. The van der Waals surface area contributed by atoms with Gasteiger partial charge in [-0.2, -0.15) is 0 Å². The van der Waals surface area contributed by atoms with Crippen molar-refractivity contribution < 1.29 is 14.3 Å². The van der Waals surface area contributed by atoms with Crippen LogP contribution in [-0.2, 0) is 27.3 Å². The van der Waals surface area contributed by atoms with E-state index >= 15 is 0 Å². The van der Waals surface area contributed by atoms with Crippen molar-refractivity contribution in [1.82, 2.24) is 9.55 Å². The molecule has 0 N–H and O–H groups in total. The molecule has 2 atom stereocenters. The molecule has 2 amide bonds. The van der Waals surface area contributed by atoms with Crippen LogP contribution in [0.3, 0.4) is 0 Å². The summed E-state index contributed by atoms with van der Waals surface area (Å²) in [4.78, 5) is 36.0. The summed E-state index contributed by atoms with van der Waals surface area (Å²) in [7, 11) is 1.66. The molecule has 5 rings (SSSR count). The first-order valence-corrected chi connectivity index (χ1v) is 13.6. The van der Waals surface area contributed by atoms with Gasteiger partial charge in [0.05, 0.1) is 29.4 Å². The van der Waals surface area contributed by atoms with Crippen molar-refractivity contribution in [3.05, 3.63) is 89.7 Å². The van der Waals surface area contributed by atoms with Crippen molar-refractivity contribution in [3.8, 4) is 0 Å². The summed E-state index contributed by atoms with van der Waals surface area (Å²) in [6, 6.07) is 23.6. The zero-order chi connectivity index (χ0) is 27.5. The van der Waals surface area contributed by atoms with E-state index in [9.17, 15) is 9.59 Å². The van der Waals surface area contributed by atoms with Crippen molar-refractivity contribution in [2.24, 2.45) is 0 Å². The number of hydrogen-bond donors (Lipinski definition) is 0. The average Bonchev–Trinajstić information content (AvgIpc) is 3.50. The molecule has 0 bridgehead atoms. The van der Waals surface area contributed by atoms with E-state index in [1.54, 1.807) is 7.11 Å². The molecule has 0 radical (unpaired) electrons. The van der Waals surface area contributed by atoms with Gasteiger partial charge in [-0.1, -0.05) is 55.5 Å². The Labute approximate surface area is 230 Å². The second-order valence-electron chi connectivity index (χ2n) is 10.3. The summed E-state index contributed by atoms with van der Waals surface area (Å²) in [5.41, 5.74) is 5.74. The molecule has 1 fully saturated rings. The van der Waals surface area contributed by atoms with E-state index in [1.165, 1.54) is 0 Å². The van der Waals surface area contributed by atoms with Gasteiger partial charge in [0.25, 0.3) is 0 Å². The molecule has 0 aliphatic carbocycles. The molecule has 1 aromatic heterocycles. The number of rotatable bonds is 9. The predicted molar refractivity (Wildman–Crippen MR) is 155 cm³/mol. The lowest BCUT2D eigenvalue weighted by Gasteiger charge is -2.32. The number of ether oxygens (including phenoxy) is 1. The minimum atomic E-state index is -0.159. The van der Waals surface area contributed by atoms with E-state index in [0.717, 1.165) is 45.8 Å². The van der Waals surface area contributed by atoms with Crippen LogP contribution in [0.15, 0.2) is 72.8 Å². The van der Waals surface area contributed by atoms with Crippen LogP contribution in [0.1, 0.15) is 43.1 Å². The number of para-hydroxylation sites is 4. The Morgan fingerprint density at radius 2 is 1.82 bits per heavy atom. The van der Waals surface area contributed by atoms with Crippen LogP contribution in [0, 0.1) is 6.92 Å². The third kappa shape index (κ3) is 5.19. The average molecular weight is 525 g/mol. The zero-order valence-corrected chi connectivity index (χ0v) is 23.1. The monoisotopic (exact) mass is 524 g/mol. The van der Waals surface area contributed by atoms with Crippen LogP contribution in [0.2, 0.25) is 0 Å². The second kappa shape index (κ2) is 11.4. The number of amides is 2. The van der Waals surface area contributed by atoms with E-state index in [2.05, 4.69) is 26.0 Å². The lowest BCUT2D eigenvalue weighted by Crippen LogP contribution is -2.44. The van der Waals surface area contributed by atoms with Gasteiger partial charge in [-0.25, -0.2) is 4.98 Å². The fourth-order valence-electron chi connectivity index (χ4n) is 5.78. The molecule has 1 saturated heterocycles. The smallest absolute Gasteiger partial charge is 0.247 e. The first kappa shape index (κ1) is 26.6. The van der Waals surface area contributed by atoms with Gasteiger partial charge in [0.2, 0.25) is 11.8 Å². The Morgan fingerprint density at radius 3 is 2.56 bits per heavy atom. The van der Waals surface area contributed by atoms with Crippen molar-refractivity contribution >= 4 is 34.2 Å². The van der Waals surface area contributed by atoms with Crippen molar-refractivity contribution in [2.45, 2.75) is 52.1 Å². The van der Waals surface area contributed by atoms with Crippen molar-refractivity contribution in [2.75, 3.05) is 30.1 Å². The number of carbonyl (C=O) groups excluding carboxylic acids is 2. The maximum absolute atomic E-state index is 14.3. The number of aryl methyl sites for hydroxylation is 2. The Morgan fingerprint density at radius 1 is 1.08 bits per heavy atom. The van der Waals surface area contributed by atoms with Gasteiger partial charge in [0.15, 0.2) is 0 Å². The quantitative estimate of drug-likeness (QED) is 0.290. The number of aromatic nitrogens is 2. The van der Waals surface area contributed by atoms with Crippen molar-refractivity contribution in [1.29, 1.82) is 0 Å². The first-order valence-electron chi connectivity index (χ1n) is 13.6. The fourth-order valence-corrected chi connectivity index (χ4v) is 5.78. The van der Waals surface area contributed by atoms with Gasteiger partial charge in [0, 0.05) is 31.7 Å². The normalized spacial score (nSPS) is 16.2. The van der Waals surface area contributed by atoms with Gasteiger partial charge >= 0.3 is 0 Å². The van der Waals surface area contributed by atoms with E-state index in [1.807, 2.05) is 82.0 Å². The lowest BCUT2D eigenvalue weighted by atomic mass is 10.0. The minimum absolute atomic E-state index is 0.0304. The van der Waals surface area contributed by atoms with E-state index in [-0.39, 0.29) is 30.3 Å².